The van der Waals surface area contributed by atoms with Gasteiger partial charge in [0.25, 0.3) is 5.91 Å². The predicted octanol–water partition coefficient (Wildman–Crippen LogP) is 5.22. The third-order valence-corrected chi connectivity index (χ3v) is 6.52. The van der Waals surface area contributed by atoms with Crippen molar-refractivity contribution in [2.24, 2.45) is 0 Å². The SMILES string of the molecule is Cc1cccc(CN(C(=O)CCCN2C(=O)c3cccc4cccc2c34)[C@@H](C)C(=O)NC(C)(C)C)c1. The molecule has 1 aliphatic rings. The molecule has 6 heteroatoms. The molecule has 188 valence electrons. The first-order valence-electron chi connectivity index (χ1n) is 12.6. The molecule has 1 atom stereocenters. The fraction of sp³-hybridized carbons (Fsp3) is 0.367. The first-order valence-corrected chi connectivity index (χ1v) is 12.6. The summed E-state index contributed by atoms with van der Waals surface area (Å²) in [5.74, 6) is -0.306. The minimum absolute atomic E-state index is 0.0243. The van der Waals surface area contributed by atoms with Gasteiger partial charge in [0, 0.05) is 36.0 Å². The highest BCUT2D eigenvalue weighted by molar-refractivity contribution is 6.25. The Kier molecular flexibility index (Phi) is 7.16. The van der Waals surface area contributed by atoms with E-state index in [1.807, 2.05) is 88.4 Å². The third kappa shape index (κ3) is 5.43. The largest absolute Gasteiger partial charge is 0.350 e. The van der Waals surface area contributed by atoms with E-state index in [4.69, 9.17) is 0 Å². The first-order chi connectivity index (χ1) is 17.0. The smallest absolute Gasteiger partial charge is 0.258 e. The maximum absolute atomic E-state index is 13.5. The molecule has 0 aliphatic carbocycles. The molecule has 4 rings (SSSR count). The van der Waals surface area contributed by atoms with Crippen LogP contribution in [0.5, 0.6) is 0 Å². The van der Waals surface area contributed by atoms with Crippen LogP contribution in [0, 0.1) is 6.92 Å². The van der Waals surface area contributed by atoms with Gasteiger partial charge in [-0.15, -0.1) is 0 Å². The van der Waals surface area contributed by atoms with Gasteiger partial charge in [-0.25, -0.2) is 0 Å². The zero-order valence-electron chi connectivity index (χ0n) is 21.8. The highest BCUT2D eigenvalue weighted by Crippen LogP contribution is 2.37. The molecular formula is C30H35N3O3. The molecule has 0 saturated carbocycles. The zero-order chi connectivity index (χ0) is 26.0. The molecule has 3 aromatic carbocycles. The predicted molar refractivity (Wildman–Crippen MR) is 144 cm³/mol. The van der Waals surface area contributed by atoms with Crippen molar-refractivity contribution >= 4 is 34.2 Å². The Morgan fingerprint density at radius 3 is 2.42 bits per heavy atom. The van der Waals surface area contributed by atoms with Crippen LogP contribution in [0.4, 0.5) is 5.69 Å². The van der Waals surface area contributed by atoms with Gasteiger partial charge in [-0.1, -0.05) is 54.1 Å². The molecule has 1 aliphatic heterocycles. The van der Waals surface area contributed by atoms with E-state index in [0.29, 0.717) is 25.1 Å². The summed E-state index contributed by atoms with van der Waals surface area (Å²) in [4.78, 5) is 42.9. The standard InChI is InChI=1S/C30H35N3O3/c1-20-10-6-11-22(18-20)19-33(21(2)28(35)31-30(3,4)5)26(34)16-9-17-32-25-15-8-13-23-12-7-14-24(27(23)25)29(32)36/h6-8,10-15,18,21H,9,16-17,19H2,1-5H3,(H,31,35)/t21-/m0/s1. The number of carbonyl (C=O) groups is 3. The molecule has 0 unspecified atom stereocenters. The molecule has 3 aromatic rings. The third-order valence-electron chi connectivity index (χ3n) is 6.52. The molecule has 0 saturated heterocycles. The molecule has 3 amide bonds. The van der Waals surface area contributed by atoms with E-state index < -0.39 is 11.6 Å². The van der Waals surface area contributed by atoms with E-state index >= 15 is 0 Å². The summed E-state index contributed by atoms with van der Waals surface area (Å²) in [5, 5.41) is 5.01. The van der Waals surface area contributed by atoms with E-state index in [2.05, 4.69) is 5.32 Å². The monoisotopic (exact) mass is 485 g/mol. The van der Waals surface area contributed by atoms with Crippen LogP contribution in [0.2, 0.25) is 0 Å². The molecule has 1 heterocycles. The second kappa shape index (κ2) is 10.1. The van der Waals surface area contributed by atoms with Crippen LogP contribution in [-0.4, -0.2) is 40.7 Å². The van der Waals surface area contributed by atoms with E-state index in [9.17, 15) is 14.4 Å². The van der Waals surface area contributed by atoms with Gasteiger partial charge in [0.05, 0.1) is 5.69 Å². The molecule has 36 heavy (non-hydrogen) atoms. The summed E-state index contributed by atoms with van der Waals surface area (Å²) in [6.45, 7) is 10.4. The Bertz CT molecular complexity index is 1300. The van der Waals surface area contributed by atoms with Crippen molar-refractivity contribution < 1.29 is 14.4 Å². The molecule has 1 N–H and O–H groups in total. The van der Waals surface area contributed by atoms with Crippen molar-refractivity contribution in [3.63, 3.8) is 0 Å². The number of hydrogen-bond acceptors (Lipinski definition) is 3. The maximum Gasteiger partial charge on any atom is 0.258 e. The number of benzene rings is 3. The van der Waals surface area contributed by atoms with E-state index in [1.165, 1.54) is 0 Å². The molecule has 6 nitrogen and oxygen atoms in total. The summed E-state index contributed by atoms with van der Waals surface area (Å²) in [5.41, 5.74) is 3.30. The Morgan fingerprint density at radius 1 is 1.03 bits per heavy atom. The van der Waals surface area contributed by atoms with Gasteiger partial charge >= 0.3 is 0 Å². The lowest BCUT2D eigenvalue weighted by atomic mass is 10.1. The first kappa shape index (κ1) is 25.4. The zero-order valence-corrected chi connectivity index (χ0v) is 21.8. The summed E-state index contributed by atoms with van der Waals surface area (Å²) in [6.07, 6.45) is 0.752. The van der Waals surface area contributed by atoms with Crippen molar-refractivity contribution in [1.29, 1.82) is 0 Å². The lowest BCUT2D eigenvalue weighted by molar-refractivity contribution is -0.141. The fourth-order valence-electron chi connectivity index (χ4n) is 4.80. The molecule has 0 aromatic heterocycles. The van der Waals surface area contributed by atoms with Gasteiger partial charge in [0.15, 0.2) is 0 Å². The quantitative estimate of drug-likeness (QED) is 0.476. The number of rotatable bonds is 8. The van der Waals surface area contributed by atoms with Crippen LogP contribution in [0.3, 0.4) is 0 Å². The maximum atomic E-state index is 13.5. The second-order valence-electron chi connectivity index (χ2n) is 10.7. The van der Waals surface area contributed by atoms with Gasteiger partial charge in [0.1, 0.15) is 6.04 Å². The van der Waals surface area contributed by atoms with Crippen molar-refractivity contribution in [2.75, 3.05) is 11.4 Å². The lowest BCUT2D eigenvalue weighted by Gasteiger charge is -2.31. The summed E-state index contributed by atoms with van der Waals surface area (Å²) in [6, 6.07) is 19.1. The van der Waals surface area contributed by atoms with Crippen LogP contribution < -0.4 is 10.2 Å². The van der Waals surface area contributed by atoms with E-state index in [-0.39, 0.29) is 24.1 Å². The Hall–Kier alpha value is -3.67. The lowest BCUT2D eigenvalue weighted by Crippen LogP contribution is -2.52. The van der Waals surface area contributed by atoms with Crippen LogP contribution in [-0.2, 0) is 16.1 Å². The van der Waals surface area contributed by atoms with Gasteiger partial charge in [-0.05, 0) is 64.1 Å². The topological polar surface area (TPSA) is 69.7 Å². The number of anilines is 1. The van der Waals surface area contributed by atoms with E-state index in [0.717, 1.165) is 27.6 Å². The Morgan fingerprint density at radius 2 is 1.72 bits per heavy atom. The average Bonchev–Trinajstić information content (AvgIpc) is 3.09. The minimum Gasteiger partial charge on any atom is -0.350 e. The number of amides is 3. The number of nitrogens with one attached hydrogen (secondary N) is 1. The van der Waals surface area contributed by atoms with Crippen LogP contribution >= 0.6 is 0 Å². The number of aryl methyl sites for hydroxylation is 1. The summed E-state index contributed by atoms with van der Waals surface area (Å²) in [7, 11) is 0. The molecule has 0 radical (unpaired) electrons. The van der Waals surface area contributed by atoms with Crippen molar-refractivity contribution in [3.8, 4) is 0 Å². The average molecular weight is 486 g/mol. The van der Waals surface area contributed by atoms with Gasteiger partial charge in [-0.3, -0.25) is 14.4 Å². The minimum atomic E-state index is -0.622. The molecular weight excluding hydrogens is 450 g/mol. The molecule has 0 spiro atoms. The fourth-order valence-corrected chi connectivity index (χ4v) is 4.80. The van der Waals surface area contributed by atoms with Crippen molar-refractivity contribution in [2.45, 2.75) is 65.6 Å². The van der Waals surface area contributed by atoms with Gasteiger partial charge in [-0.2, -0.15) is 0 Å². The Labute approximate surface area is 213 Å². The normalized spacial score (nSPS) is 13.7. The highest BCUT2D eigenvalue weighted by Gasteiger charge is 2.31. The van der Waals surface area contributed by atoms with Crippen molar-refractivity contribution in [3.05, 3.63) is 77.4 Å². The highest BCUT2D eigenvalue weighted by atomic mass is 16.2. The van der Waals surface area contributed by atoms with Gasteiger partial charge in [0.2, 0.25) is 11.8 Å². The van der Waals surface area contributed by atoms with Gasteiger partial charge < -0.3 is 15.1 Å². The second-order valence-corrected chi connectivity index (χ2v) is 10.7. The number of carbonyl (C=O) groups excluding carboxylic acids is 3. The number of hydrogen-bond donors (Lipinski definition) is 1. The van der Waals surface area contributed by atoms with Crippen LogP contribution in [0.25, 0.3) is 10.8 Å². The molecule has 0 fully saturated rings. The number of nitrogens with zero attached hydrogens (tertiary/aromatic N) is 2. The van der Waals surface area contributed by atoms with Crippen LogP contribution in [0.1, 0.15) is 62.0 Å². The Balaban J connectivity index is 1.47. The van der Waals surface area contributed by atoms with Crippen LogP contribution in [0.15, 0.2) is 60.7 Å². The summed E-state index contributed by atoms with van der Waals surface area (Å²) < 4.78 is 0. The summed E-state index contributed by atoms with van der Waals surface area (Å²) >= 11 is 0. The van der Waals surface area contributed by atoms with Crippen molar-refractivity contribution in [1.82, 2.24) is 10.2 Å². The van der Waals surface area contributed by atoms with E-state index in [1.54, 1.807) is 16.7 Å². The molecule has 0 bridgehead atoms.